The molecule has 1 aromatic heterocycles. The number of nitrogens with zero attached hydrogens (tertiary/aromatic N) is 3. The SMILES string of the molecule is [2H]c1nnc(N2C([2H])([2H])C([2H])(O)C2([2H])[2H])c([2H])c1[2H]. The summed E-state index contributed by atoms with van der Waals surface area (Å²) in [5, 5.41) is 16.0. The van der Waals surface area contributed by atoms with Crippen molar-refractivity contribution in [1.82, 2.24) is 10.2 Å². The van der Waals surface area contributed by atoms with Gasteiger partial charge in [-0.05, 0) is 12.1 Å². The van der Waals surface area contributed by atoms with Gasteiger partial charge in [-0.1, -0.05) is 0 Å². The quantitative estimate of drug-likeness (QED) is 0.609. The van der Waals surface area contributed by atoms with Crippen molar-refractivity contribution in [2.75, 3.05) is 17.9 Å². The van der Waals surface area contributed by atoms with Crippen molar-refractivity contribution in [3.05, 3.63) is 18.3 Å². The molecule has 1 fully saturated rings. The standard InChI is InChI=1S/C7H9N3O/c11-6-4-10(5-6)7-2-1-3-8-9-7/h1-3,6,11H,4-5H2/i1D,2D,3D,4D2,5D2,6D. The maximum absolute atomic E-state index is 9.50. The minimum Gasteiger partial charge on any atom is -0.389 e. The average molecular weight is 159 g/mol. The van der Waals surface area contributed by atoms with Gasteiger partial charge in [-0.15, -0.1) is 5.10 Å². The van der Waals surface area contributed by atoms with Crippen LogP contribution in [0.1, 0.15) is 11.0 Å². The molecule has 0 aliphatic carbocycles. The normalized spacial score (nSPS) is 40.6. The van der Waals surface area contributed by atoms with Crippen LogP contribution in [0.25, 0.3) is 0 Å². The number of aliphatic hydroxyl groups is 1. The van der Waals surface area contributed by atoms with Crippen LogP contribution < -0.4 is 4.90 Å². The molecule has 0 amide bonds. The summed E-state index contributed by atoms with van der Waals surface area (Å²) in [7, 11) is 0. The summed E-state index contributed by atoms with van der Waals surface area (Å²) >= 11 is 0. The van der Waals surface area contributed by atoms with Crippen LogP contribution in [0.4, 0.5) is 5.82 Å². The summed E-state index contributed by atoms with van der Waals surface area (Å²) in [5.74, 6) is -0.632. The number of β-amino-alcohol motifs (C(OH)–C–C–N with tert-alkyl or cyclic N) is 1. The molecular weight excluding hydrogens is 142 g/mol. The molecule has 1 aromatic rings. The van der Waals surface area contributed by atoms with Gasteiger partial charge in [0.1, 0.15) is 0 Å². The van der Waals surface area contributed by atoms with Crippen molar-refractivity contribution in [3.63, 3.8) is 0 Å². The van der Waals surface area contributed by atoms with Crippen LogP contribution in [0, 0.1) is 0 Å². The number of hydrogen-bond donors (Lipinski definition) is 1. The molecular formula is C7H9N3O. The Morgan fingerprint density at radius 2 is 2.73 bits per heavy atom. The van der Waals surface area contributed by atoms with E-state index in [4.69, 9.17) is 11.0 Å². The molecule has 0 spiro atoms. The highest BCUT2D eigenvalue weighted by Crippen LogP contribution is 2.15. The zero-order valence-corrected chi connectivity index (χ0v) is 5.29. The Balaban J connectivity index is 2.58. The zero-order chi connectivity index (χ0) is 14.8. The topological polar surface area (TPSA) is 49.2 Å². The molecule has 4 heteroatoms. The number of aromatic nitrogens is 2. The average Bonchev–Trinajstić information content (AvgIpc) is 2.28. The molecule has 1 aliphatic heterocycles. The van der Waals surface area contributed by atoms with Crippen molar-refractivity contribution in [3.8, 4) is 0 Å². The van der Waals surface area contributed by atoms with Crippen LogP contribution >= 0.6 is 0 Å². The van der Waals surface area contributed by atoms with Crippen molar-refractivity contribution >= 4 is 5.82 Å². The summed E-state index contributed by atoms with van der Waals surface area (Å²) in [5.41, 5.74) is 0. The molecule has 1 N–H and O–H groups in total. The van der Waals surface area contributed by atoms with E-state index in [-0.39, 0.29) is 4.90 Å². The fourth-order valence-electron chi connectivity index (χ4n) is 0.625. The second-order valence-electron chi connectivity index (χ2n) is 1.79. The van der Waals surface area contributed by atoms with E-state index >= 15 is 0 Å². The van der Waals surface area contributed by atoms with Crippen LogP contribution in [-0.4, -0.2) is 34.4 Å². The van der Waals surface area contributed by atoms with Gasteiger partial charge < -0.3 is 10.0 Å². The molecule has 1 saturated heterocycles. The van der Waals surface area contributed by atoms with Crippen molar-refractivity contribution < 1.29 is 16.1 Å². The molecule has 0 radical (unpaired) electrons. The fourth-order valence-corrected chi connectivity index (χ4v) is 0.625. The first-order chi connectivity index (χ1) is 8.46. The Morgan fingerprint density at radius 1 is 1.91 bits per heavy atom. The lowest BCUT2D eigenvalue weighted by Gasteiger charge is -2.36. The molecule has 58 valence electrons. The predicted octanol–water partition coefficient (Wildman–Crippen LogP) is -0.343. The van der Waals surface area contributed by atoms with E-state index in [1.54, 1.807) is 0 Å². The number of hydrogen-bond acceptors (Lipinski definition) is 4. The highest BCUT2D eigenvalue weighted by Gasteiger charge is 2.25. The van der Waals surface area contributed by atoms with Gasteiger partial charge in [0, 0.05) is 19.2 Å². The van der Waals surface area contributed by atoms with E-state index in [0.29, 0.717) is 0 Å². The second kappa shape index (κ2) is 2.47. The first kappa shape index (κ1) is 2.17. The van der Waals surface area contributed by atoms with E-state index in [9.17, 15) is 5.11 Å². The van der Waals surface area contributed by atoms with Crippen molar-refractivity contribution in [1.29, 1.82) is 0 Å². The molecule has 0 aromatic carbocycles. The third-order valence-electron chi connectivity index (χ3n) is 1.07. The lowest BCUT2D eigenvalue weighted by Crippen LogP contribution is -2.51. The summed E-state index contributed by atoms with van der Waals surface area (Å²) < 4.78 is 59.4. The molecule has 1 aliphatic rings. The van der Waals surface area contributed by atoms with E-state index in [2.05, 4.69) is 10.2 Å². The Kier molecular flexibility index (Phi) is 0.486. The predicted molar refractivity (Wildman–Crippen MR) is 40.3 cm³/mol. The summed E-state index contributed by atoms with van der Waals surface area (Å²) in [4.78, 5) is 0.278. The second-order valence-corrected chi connectivity index (χ2v) is 1.79. The van der Waals surface area contributed by atoms with Gasteiger partial charge in [0.2, 0.25) is 0 Å². The Labute approximate surface area is 75.7 Å². The lowest BCUT2D eigenvalue weighted by atomic mass is 10.2. The van der Waals surface area contributed by atoms with Gasteiger partial charge in [0.05, 0.1) is 17.0 Å². The summed E-state index contributed by atoms with van der Waals surface area (Å²) in [6, 6.07) is -1.33. The summed E-state index contributed by atoms with van der Waals surface area (Å²) in [6.07, 6.45) is -3.65. The summed E-state index contributed by atoms with van der Waals surface area (Å²) in [6.45, 7) is -5.67. The van der Waals surface area contributed by atoms with E-state index in [0.717, 1.165) is 0 Å². The molecule has 11 heavy (non-hydrogen) atoms. The minimum atomic E-state index is -3.05. The van der Waals surface area contributed by atoms with Crippen LogP contribution in [0.15, 0.2) is 18.3 Å². The lowest BCUT2D eigenvalue weighted by molar-refractivity contribution is 0.141. The van der Waals surface area contributed by atoms with Crippen LogP contribution in [0.5, 0.6) is 0 Å². The van der Waals surface area contributed by atoms with Gasteiger partial charge in [-0.2, -0.15) is 5.10 Å². The van der Waals surface area contributed by atoms with Crippen LogP contribution in [0.2, 0.25) is 0 Å². The van der Waals surface area contributed by atoms with Crippen molar-refractivity contribution in [2.45, 2.75) is 6.08 Å². The van der Waals surface area contributed by atoms with Gasteiger partial charge >= 0.3 is 0 Å². The highest BCUT2D eigenvalue weighted by atomic mass is 16.3. The van der Waals surface area contributed by atoms with Gasteiger partial charge in [-0.3, -0.25) is 0 Å². The molecule has 2 heterocycles. The Hall–Kier alpha value is -1.16. The first-order valence-corrected chi connectivity index (χ1v) is 2.79. The first-order valence-electron chi connectivity index (χ1n) is 6.79. The van der Waals surface area contributed by atoms with Gasteiger partial charge in [0.15, 0.2) is 5.82 Å². The molecule has 4 nitrogen and oxygen atoms in total. The van der Waals surface area contributed by atoms with Crippen LogP contribution in [-0.2, 0) is 0 Å². The third-order valence-corrected chi connectivity index (χ3v) is 1.07. The molecule has 0 bridgehead atoms. The monoisotopic (exact) mass is 159 g/mol. The smallest absolute Gasteiger partial charge is 0.151 e. The Bertz CT molecular complexity index is 529. The minimum absolute atomic E-state index is 0.278. The van der Waals surface area contributed by atoms with Gasteiger partial charge in [0.25, 0.3) is 0 Å². The van der Waals surface area contributed by atoms with Crippen molar-refractivity contribution in [2.24, 2.45) is 0 Å². The maximum Gasteiger partial charge on any atom is 0.151 e. The zero-order valence-electron chi connectivity index (χ0n) is 13.3. The molecule has 2 rings (SSSR count). The molecule has 0 unspecified atom stereocenters. The maximum atomic E-state index is 9.50. The largest absolute Gasteiger partial charge is 0.389 e. The number of rotatable bonds is 1. The highest BCUT2D eigenvalue weighted by molar-refractivity contribution is 5.40. The van der Waals surface area contributed by atoms with E-state index in [1.807, 2.05) is 0 Å². The third kappa shape index (κ3) is 1.17. The Morgan fingerprint density at radius 3 is 3.55 bits per heavy atom. The molecule has 0 atom stereocenters. The fraction of sp³-hybridized carbons (Fsp3) is 0.429. The van der Waals surface area contributed by atoms with E-state index < -0.39 is 43.1 Å². The van der Waals surface area contributed by atoms with E-state index in [1.165, 1.54) is 0 Å². The van der Waals surface area contributed by atoms with Gasteiger partial charge in [-0.25, -0.2) is 0 Å². The molecule has 0 saturated carbocycles. The number of anilines is 1. The van der Waals surface area contributed by atoms with Crippen LogP contribution in [0.3, 0.4) is 0 Å².